The second-order valence-electron chi connectivity index (χ2n) is 8.14. The molecule has 0 bridgehead atoms. The quantitative estimate of drug-likeness (QED) is 0.269. The summed E-state index contributed by atoms with van der Waals surface area (Å²) in [6.07, 6.45) is 2.81. The van der Waals surface area contributed by atoms with Gasteiger partial charge in [-0.2, -0.15) is 0 Å². The lowest BCUT2D eigenvalue weighted by molar-refractivity contribution is 0.324. The van der Waals surface area contributed by atoms with Crippen molar-refractivity contribution in [3.63, 3.8) is 0 Å². The van der Waals surface area contributed by atoms with E-state index < -0.39 is 0 Å². The van der Waals surface area contributed by atoms with Crippen molar-refractivity contribution in [1.29, 1.82) is 0 Å². The van der Waals surface area contributed by atoms with Crippen LogP contribution in [0.3, 0.4) is 0 Å². The van der Waals surface area contributed by atoms with Gasteiger partial charge in [-0.1, -0.05) is 30.3 Å². The first kappa shape index (κ1) is 23.7. The Labute approximate surface area is 212 Å². The van der Waals surface area contributed by atoms with E-state index in [-0.39, 0.29) is 5.82 Å². The number of hydrogen-bond acceptors (Lipinski definition) is 5. The van der Waals surface area contributed by atoms with Gasteiger partial charge in [-0.3, -0.25) is 0 Å². The second kappa shape index (κ2) is 10.3. The Morgan fingerprint density at radius 2 is 1.67 bits per heavy atom. The van der Waals surface area contributed by atoms with E-state index in [0.717, 1.165) is 23.2 Å². The number of rotatable bonds is 8. The number of aromatic nitrogens is 2. The number of hydrogen-bond donors (Lipinski definition) is 1. The number of nitrogens with zero attached hydrogens (tertiary/aromatic N) is 2. The van der Waals surface area contributed by atoms with Crippen molar-refractivity contribution in [1.82, 2.24) is 9.55 Å². The number of aryl methyl sites for hydroxylation is 1. The van der Waals surface area contributed by atoms with E-state index in [1.165, 1.54) is 28.4 Å². The Bertz CT molecular complexity index is 1560. The van der Waals surface area contributed by atoms with Crippen LogP contribution in [-0.4, -0.2) is 30.9 Å². The summed E-state index contributed by atoms with van der Waals surface area (Å²) in [6.45, 7) is 0.643. The van der Waals surface area contributed by atoms with Crippen molar-refractivity contribution in [2.24, 2.45) is 4.99 Å². The highest BCUT2D eigenvalue weighted by molar-refractivity contribution is 7.07. The molecule has 0 spiro atoms. The zero-order chi connectivity index (χ0) is 25.1. The van der Waals surface area contributed by atoms with Gasteiger partial charge in [0.15, 0.2) is 16.3 Å². The number of H-pyrrole nitrogens is 1. The summed E-state index contributed by atoms with van der Waals surface area (Å²) >= 11 is 1.46. The molecule has 184 valence electrons. The summed E-state index contributed by atoms with van der Waals surface area (Å²) in [5, 5.41) is 3.21. The van der Waals surface area contributed by atoms with E-state index in [1.54, 1.807) is 39.5 Å². The molecule has 5 rings (SSSR count). The Kier molecular flexibility index (Phi) is 6.77. The predicted octanol–water partition coefficient (Wildman–Crippen LogP) is 6.34. The third kappa shape index (κ3) is 4.47. The summed E-state index contributed by atoms with van der Waals surface area (Å²) in [6, 6.07) is 18.6. The molecule has 0 saturated heterocycles. The maximum absolute atomic E-state index is 14.5. The molecule has 0 atom stereocenters. The van der Waals surface area contributed by atoms with E-state index >= 15 is 0 Å². The summed E-state index contributed by atoms with van der Waals surface area (Å²) < 4.78 is 33.2. The van der Waals surface area contributed by atoms with Crippen molar-refractivity contribution < 1.29 is 18.6 Å². The Balaban J connectivity index is 1.63. The molecule has 6 nitrogen and oxygen atoms in total. The summed E-state index contributed by atoms with van der Waals surface area (Å²) in [4.78, 5) is 8.72. The number of methoxy groups -OCH3 is 3. The second-order valence-corrected chi connectivity index (χ2v) is 8.98. The molecular weight excluding hydrogens is 477 g/mol. The monoisotopic (exact) mass is 503 g/mol. The summed E-state index contributed by atoms with van der Waals surface area (Å²) in [5.74, 6) is 1.30. The van der Waals surface area contributed by atoms with Gasteiger partial charge in [0.05, 0.1) is 27.0 Å². The number of fused-ring (bicyclic) bond motifs is 1. The number of nitrogens with one attached hydrogen (secondary N) is 1. The molecule has 3 aromatic carbocycles. The minimum atomic E-state index is -0.358. The van der Waals surface area contributed by atoms with Gasteiger partial charge in [0, 0.05) is 34.6 Å². The van der Waals surface area contributed by atoms with Gasteiger partial charge < -0.3 is 23.8 Å². The molecule has 0 fully saturated rings. The molecule has 2 aromatic heterocycles. The van der Waals surface area contributed by atoms with Crippen LogP contribution in [0.4, 0.5) is 10.1 Å². The lowest BCUT2D eigenvalue weighted by Gasteiger charge is -2.15. The maximum atomic E-state index is 14.5. The highest BCUT2D eigenvalue weighted by atomic mass is 32.1. The highest BCUT2D eigenvalue weighted by Crippen LogP contribution is 2.41. The summed E-state index contributed by atoms with van der Waals surface area (Å²) in [7, 11) is 4.77. The van der Waals surface area contributed by atoms with Crippen LogP contribution in [0.2, 0.25) is 0 Å². The molecule has 0 aliphatic carbocycles. The van der Waals surface area contributed by atoms with Crippen LogP contribution in [0.1, 0.15) is 5.56 Å². The number of benzene rings is 3. The molecule has 8 heteroatoms. The van der Waals surface area contributed by atoms with Crippen molar-refractivity contribution >= 4 is 27.9 Å². The lowest BCUT2D eigenvalue weighted by atomic mass is 10.1. The van der Waals surface area contributed by atoms with Crippen LogP contribution in [-0.2, 0) is 13.0 Å². The Morgan fingerprint density at radius 3 is 2.39 bits per heavy atom. The largest absolute Gasteiger partial charge is 0.493 e. The van der Waals surface area contributed by atoms with Gasteiger partial charge in [-0.05, 0) is 42.3 Å². The zero-order valence-corrected chi connectivity index (χ0v) is 21.1. The van der Waals surface area contributed by atoms with Crippen molar-refractivity contribution in [3.8, 4) is 28.5 Å². The van der Waals surface area contributed by atoms with E-state index in [9.17, 15) is 4.39 Å². The fourth-order valence-electron chi connectivity index (χ4n) is 4.31. The number of thiazole rings is 1. The summed E-state index contributed by atoms with van der Waals surface area (Å²) in [5.41, 5.74) is 4.42. The van der Waals surface area contributed by atoms with E-state index in [1.807, 2.05) is 35.8 Å². The van der Waals surface area contributed by atoms with Crippen molar-refractivity contribution in [3.05, 3.63) is 88.4 Å². The van der Waals surface area contributed by atoms with Crippen LogP contribution in [0, 0.1) is 5.82 Å². The average Bonchev–Trinajstić information content (AvgIpc) is 3.51. The smallest absolute Gasteiger partial charge is 0.203 e. The molecule has 0 radical (unpaired) electrons. The molecule has 0 saturated carbocycles. The number of halogens is 1. The Morgan fingerprint density at radius 1 is 0.944 bits per heavy atom. The number of aromatic amines is 1. The predicted molar refractivity (Wildman–Crippen MR) is 141 cm³/mol. The highest BCUT2D eigenvalue weighted by Gasteiger charge is 2.17. The normalized spacial score (nSPS) is 11.7. The Hall–Kier alpha value is -4.04. The van der Waals surface area contributed by atoms with Gasteiger partial charge in [0.25, 0.3) is 0 Å². The standard InChI is InChI=1S/C28H26FN3O3S/c1-33-25-14-19(15-26(34-2)27(25)35-3)24-17-36-28(31-23-11-7-5-9-21(23)29)32(24)13-12-18-16-30-22-10-6-4-8-20(18)22/h4-11,14-17,30H,12-13H2,1-3H3. The molecule has 1 N–H and O–H groups in total. The molecule has 0 unspecified atom stereocenters. The third-order valence-corrected chi connectivity index (χ3v) is 6.97. The van der Waals surface area contributed by atoms with Crippen molar-refractivity contribution in [2.75, 3.05) is 21.3 Å². The average molecular weight is 504 g/mol. The number of ether oxygens (including phenoxy) is 3. The van der Waals surface area contributed by atoms with Gasteiger partial charge >= 0.3 is 0 Å². The molecule has 0 aliphatic heterocycles. The molecule has 0 aliphatic rings. The van der Waals surface area contributed by atoms with Crippen molar-refractivity contribution in [2.45, 2.75) is 13.0 Å². The van der Waals surface area contributed by atoms with Gasteiger partial charge in [-0.15, -0.1) is 11.3 Å². The molecule has 36 heavy (non-hydrogen) atoms. The zero-order valence-electron chi connectivity index (χ0n) is 20.2. The molecule has 0 amide bonds. The van der Waals surface area contributed by atoms with E-state index in [4.69, 9.17) is 14.2 Å². The van der Waals surface area contributed by atoms with Gasteiger partial charge in [0.1, 0.15) is 11.5 Å². The van der Waals surface area contributed by atoms with Crippen LogP contribution in [0.15, 0.2) is 77.2 Å². The first-order valence-corrected chi connectivity index (χ1v) is 12.3. The lowest BCUT2D eigenvalue weighted by Crippen LogP contribution is -2.17. The SMILES string of the molecule is COc1cc(-c2csc(=Nc3ccccc3F)n2CCc2c[nH]c3ccccc23)cc(OC)c1OC. The van der Waals surface area contributed by atoms with Gasteiger partial charge in [0.2, 0.25) is 5.75 Å². The number of para-hydroxylation sites is 2. The first-order valence-electron chi connectivity index (χ1n) is 11.5. The van der Waals surface area contributed by atoms with E-state index in [0.29, 0.717) is 34.3 Å². The minimum absolute atomic E-state index is 0.302. The minimum Gasteiger partial charge on any atom is -0.493 e. The first-order chi connectivity index (χ1) is 17.6. The van der Waals surface area contributed by atoms with Crippen LogP contribution < -0.4 is 19.0 Å². The van der Waals surface area contributed by atoms with Crippen LogP contribution in [0.5, 0.6) is 17.2 Å². The molecular formula is C28H26FN3O3S. The van der Waals surface area contributed by atoms with Crippen LogP contribution >= 0.6 is 11.3 Å². The third-order valence-electron chi connectivity index (χ3n) is 6.11. The fraction of sp³-hybridized carbons (Fsp3) is 0.179. The molecule has 2 heterocycles. The molecule has 5 aromatic rings. The maximum Gasteiger partial charge on any atom is 0.203 e. The van der Waals surface area contributed by atoms with E-state index in [2.05, 4.69) is 26.7 Å². The topological polar surface area (TPSA) is 60.8 Å². The fourth-order valence-corrected chi connectivity index (χ4v) is 5.26. The van der Waals surface area contributed by atoms with Crippen LogP contribution in [0.25, 0.3) is 22.2 Å². The van der Waals surface area contributed by atoms with Gasteiger partial charge in [-0.25, -0.2) is 9.38 Å².